The van der Waals surface area contributed by atoms with E-state index in [0.717, 1.165) is 0 Å². The first-order chi connectivity index (χ1) is 6.72. The van der Waals surface area contributed by atoms with Gasteiger partial charge in [-0.3, -0.25) is 5.10 Å². The molecule has 0 saturated carbocycles. The van der Waals surface area contributed by atoms with E-state index in [1.54, 1.807) is 18.2 Å². The summed E-state index contributed by atoms with van der Waals surface area (Å²) < 4.78 is 29.8. The zero-order chi connectivity index (χ0) is 10.1. The van der Waals surface area contributed by atoms with Crippen LogP contribution >= 0.6 is 0 Å². The first-order valence-electron chi connectivity index (χ1n) is 4.02. The topological polar surface area (TPSA) is 37.9 Å². The molecule has 0 amide bonds. The van der Waals surface area contributed by atoms with Crippen molar-refractivity contribution in [2.24, 2.45) is 0 Å². The van der Waals surface area contributed by atoms with Gasteiger partial charge < -0.3 is 4.74 Å². The number of aromatic nitrogens is 2. The average Bonchev–Trinajstić information content (AvgIpc) is 2.59. The smallest absolute Gasteiger partial charge is 0.280 e. The van der Waals surface area contributed by atoms with Gasteiger partial charge in [0, 0.05) is 5.39 Å². The van der Waals surface area contributed by atoms with E-state index in [4.69, 9.17) is 4.74 Å². The molecule has 1 aromatic carbocycles. The normalized spacial score (nSPS) is 11.1. The third-order valence-corrected chi connectivity index (χ3v) is 2.01. The molecule has 0 aliphatic carbocycles. The molecule has 74 valence electrons. The summed E-state index contributed by atoms with van der Waals surface area (Å²) in [6.07, 6.45) is -2.55. The molecule has 2 aromatic rings. The molecule has 1 aromatic heterocycles. The Kier molecular flexibility index (Phi) is 2.07. The quantitative estimate of drug-likeness (QED) is 0.805. The van der Waals surface area contributed by atoms with Crippen molar-refractivity contribution in [3.05, 3.63) is 23.9 Å². The number of rotatable bonds is 2. The fraction of sp³-hybridized carbons (Fsp3) is 0.222. The molecule has 0 radical (unpaired) electrons. The van der Waals surface area contributed by atoms with Crippen LogP contribution in [0.15, 0.2) is 18.2 Å². The summed E-state index contributed by atoms with van der Waals surface area (Å²) in [5.41, 5.74) is 0.347. The lowest BCUT2D eigenvalue weighted by atomic mass is 10.2. The second-order valence-electron chi connectivity index (χ2n) is 2.82. The fourth-order valence-electron chi connectivity index (χ4n) is 1.30. The second kappa shape index (κ2) is 3.25. The molecule has 1 heterocycles. The van der Waals surface area contributed by atoms with Gasteiger partial charge in [-0.15, -0.1) is 0 Å². The van der Waals surface area contributed by atoms with Crippen LogP contribution < -0.4 is 4.74 Å². The molecule has 3 nitrogen and oxygen atoms in total. The van der Waals surface area contributed by atoms with Crippen molar-refractivity contribution in [2.75, 3.05) is 7.11 Å². The Bertz CT molecular complexity index is 453. The molecule has 0 aliphatic rings. The van der Waals surface area contributed by atoms with Gasteiger partial charge in [0.1, 0.15) is 11.4 Å². The van der Waals surface area contributed by atoms with Crippen LogP contribution in [0.1, 0.15) is 12.1 Å². The van der Waals surface area contributed by atoms with Crippen LogP contribution in [-0.2, 0) is 0 Å². The summed E-state index contributed by atoms with van der Waals surface area (Å²) in [5.74, 6) is 0.542. The molecule has 0 aliphatic heterocycles. The van der Waals surface area contributed by atoms with Crippen LogP contribution in [-0.4, -0.2) is 17.3 Å². The van der Waals surface area contributed by atoms with Crippen molar-refractivity contribution in [1.82, 2.24) is 10.2 Å². The highest BCUT2D eigenvalue weighted by molar-refractivity contribution is 5.83. The number of hydrogen-bond donors (Lipinski definition) is 1. The number of nitrogens with one attached hydrogen (secondary N) is 1. The van der Waals surface area contributed by atoms with E-state index in [2.05, 4.69) is 10.2 Å². The van der Waals surface area contributed by atoms with E-state index in [1.165, 1.54) is 7.11 Å². The summed E-state index contributed by atoms with van der Waals surface area (Å²) in [5, 5.41) is 6.47. The van der Waals surface area contributed by atoms with Crippen molar-refractivity contribution in [3.63, 3.8) is 0 Å². The number of methoxy groups -OCH3 is 1. The molecule has 5 heteroatoms. The summed E-state index contributed by atoms with van der Waals surface area (Å²) >= 11 is 0. The molecule has 0 unspecified atom stereocenters. The zero-order valence-corrected chi connectivity index (χ0v) is 7.42. The summed E-state index contributed by atoms with van der Waals surface area (Å²) in [6.45, 7) is 0. The summed E-state index contributed by atoms with van der Waals surface area (Å²) in [4.78, 5) is 0. The van der Waals surface area contributed by atoms with Crippen LogP contribution in [0.2, 0.25) is 0 Å². The largest absolute Gasteiger partial charge is 0.497 e. The second-order valence-corrected chi connectivity index (χ2v) is 2.82. The zero-order valence-electron chi connectivity index (χ0n) is 7.42. The van der Waals surface area contributed by atoms with E-state index < -0.39 is 6.43 Å². The van der Waals surface area contributed by atoms with Crippen molar-refractivity contribution >= 4 is 10.9 Å². The number of benzene rings is 1. The van der Waals surface area contributed by atoms with Crippen molar-refractivity contribution in [2.45, 2.75) is 6.43 Å². The van der Waals surface area contributed by atoms with Gasteiger partial charge >= 0.3 is 0 Å². The summed E-state index contributed by atoms with van der Waals surface area (Å²) in [6, 6.07) is 4.86. The lowest BCUT2D eigenvalue weighted by Crippen LogP contribution is -1.85. The molecule has 0 spiro atoms. The number of aromatic amines is 1. The van der Waals surface area contributed by atoms with Gasteiger partial charge in [0.25, 0.3) is 6.43 Å². The highest BCUT2D eigenvalue weighted by Gasteiger charge is 2.14. The molecule has 0 saturated heterocycles. The van der Waals surface area contributed by atoms with Crippen LogP contribution in [0, 0.1) is 0 Å². The number of fused-ring (bicyclic) bond motifs is 1. The van der Waals surface area contributed by atoms with E-state index >= 15 is 0 Å². The van der Waals surface area contributed by atoms with Gasteiger partial charge in [-0.25, -0.2) is 8.78 Å². The maximum Gasteiger partial charge on any atom is 0.280 e. The SMILES string of the molecule is COc1ccc2n[nH]c(C(F)F)c2c1. The van der Waals surface area contributed by atoms with Gasteiger partial charge in [-0.2, -0.15) is 5.10 Å². The molecular formula is C9H8F2N2O. The van der Waals surface area contributed by atoms with Gasteiger partial charge in [0.05, 0.1) is 12.6 Å². The number of ether oxygens (including phenoxy) is 1. The maximum absolute atomic E-state index is 12.5. The van der Waals surface area contributed by atoms with Gasteiger partial charge in [-0.05, 0) is 18.2 Å². The molecule has 0 atom stereocenters. The average molecular weight is 198 g/mol. The maximum atomic E-state index is 12.5. The lowest BCUT2D eigenvalue weighted by Gasteiger charge is -1.99. The van der Waals surface area contributed by atoms with E-state index in [0.29, 0.717) is 16.7 Å². The highest BCUT2D eigenvalue weighted by atomic mass is 19.3. The van der Waals surface area contributed by atoms with E-state index in [-0.39, 0.29) is 5.69 Å². The van der Waals surface area contributed by atoms with Gasteiger partial charge in [0.15, 0.2) is 0 Å². The van der Waals surface area contributed by atoms with E-state index in [1.807, 2.05) is 0 Å². The number of hydrogen-bond acceptors (Lipinski definition) is 2. The minimum atomic E-state index is -2.55. The molecular weight excluding hydrogens is 190 g/mol. The highest BCUT2D eigenvalue weighted by Crippen LogP contribution is 2.27. The molecule has 0 bridgehead atoms. The minimum absolute atomic E-state index is 0.168. The molecule has 2 rings (SSSR count). The van der Waals surface area contributed by atoms with E-state index in [9.17, 15) is 8.78 Å². The van der Waals surface area contributed by atoms with Gasteiger partial charge in [0.2, 0.25) is 0 Å². The first-order valence-corrected chi connectivity index (χ1v) is 4.02. The Labute approximate surface area is 78.7 Å². The van der Waals surface area contributed by atoms with Crippen LogP contribution in [0.3, 0.4) is 0 Å². The molecule has 14 heavy (non-hydrogen) atoms. The van der Waals surface area contributed by atoms with Crippen LogP contribution in [0.25, 0.3) is 10.9 Å². The Morgan fingerprint density at radius 2 is 2.21 bits per heavy atom. The van der Waals surface area contributed by atoms with Crippen LogP contribution in [0.4, 0.5) is 8.78 Å². The standard InChI is InChI=1S/C9H8F2N2O/c1-14-5-2-3-7-6(4-5)8(9(10)11)13-12-7/h2-4,9H,1H3,(H,12,13). The van der Waals surface area contributed by atoms with Crippen molar-refractivity contribution in [1.29, 1.82) is 0 Å². The number of nitrogens with zero attached hydrogens (tertiary/aromatic N) is 1. The number of alkyl halides is 2. The first kappa shape index (κ1) is 8.93. The Morgan fingerprint density at radius 3 is 2.86 bits per heavy atom. The third kappa shape index (κ3) is 1.30. The van der Waals surface area contributed by atoms with Crippen molar-refractivity contribution in [3.8, 4) is 5.75 Å². The molecule has 0 fully saturated rings. The Morgan fingerprint density at radius 1 is 1.43 bits per heavy atom. The fourth-order valence-corrected chi connectivity index (χ4v) is 1.30. The summed E-state index contributed by atoms with van der Waals surface area (Å²) in [7, 11) is 1.49. The lowest BCUT2D eigenvalue weighted by molar-refractivity contribution is 0.147. The monoisotopic (exact) mass is 198 g/mol. The predicted molar refractivity (Wildman–Crippen MR) is 47.6 cm³/mol. The van der Waals surface area contributed by atoms with Crippen LogP contribution in [0.5, 0.6) is 5.75 Å². The Hall–Kier alpha value is -1.65. The predicted octanol–water partition coefficient (Wildman–Crippen LogP) is 2.51. The van der Waals surface area contributed by atoms with Gasteiger partial charge in [-0.1, -0.05) is 0 Å². The Balaban J connectivity index is 2.63. The minimum Gasteiger partial charge on any atom is -0.497 e. The third-order valence-electron chi connectivity index (χ3n) is 2.01. The number of halogens is 2. The number of H-pyrrole nitrogens is 1. The van der Waals surface area contributed by atoms with Crippen molar-refractivity contribution < 1.29 is 13.5 Å². The molecule has 1 N–H and O–H groups in total.